The van der Waals surface area contributed by atoms with Crippen molar-refractivity contribution in [3.8, 4) is 0 Å². The van der Waals surface area contributed by atoms with Crippen molar-refractivity contribution in [3.05, 3.63) is 0 Å². The summed E-state index contributed by atoms with van der Waals surface area (Å²) in [5, 5.41) is 6.37. The monoisotopic (exact) mass is 196 g/mol. The van der Waals surface area contributed by atoms with Crippen molar-refractivity contribution in [2.24, 2.45) is 17.3 Å². The Morgan fingerprint density at radius 2 is 2.29 bits per heavy atom. The highest BCUT2D eigenvalue weighted by Gasteiger charge is 2.50. The minimum Gasteiger partial charge on any atom is -0.356 e. The standard InChI is InChI=1S/C11H20N2O/c1-11(2)5-9(11)10(14)13-7-8-3-4-12-6-8/h8-9,12H,3-7H2,1-2H3,(H,13,14). The van der Waals surface area contributed by atoms with E-state index in [1.807, 2.05) is 0 Å². The van der Waals surface area contributed by atoms with Gasteiger partial charge in [-0.05, 0) is 37.3 Å². The van der Waals surface area contributed by atoms with Crippen LogP contribution in [-0.2, 0) is 4.79 Å². The lowest BCUT2D eigenvalue weighted by molar-refractivity contribution is -0.123. The number of hydrogen-bond acceptors (Lipinski definition) is 2. The van der Waals surface area contributed by atoms with Crippen LogP contribution in [0.15, 0.2) is 0 Å². The minimum atomic E-state index is 0.262. The van der Waals surface area contributed by atoms with E-state index in [0.29, 0.717) is 5.92 Å². The zero-order valence-corrected chi connectivity index (χ0v) is 9.10. The first-order valence-electron chi connectivity index (χ1n) is 5.58. The average molecular weight is 196 g/mol. The molecule has 2 aliphatic rings. The molecule has 1 amide bonds. The first kappa shape index (κ1) is 9.97. The molecule has 1 aliphatic carbocycles. The molecule has 3 heteroatoms. The first-order valence-corrected chi connectivity index (χ1v) is 5.58. The van der Waals surface area contributed by atoms with E-state index in [1.165, 1.54) is 6.42 Å². The molecule has 0 aromatic carbocycles. The van der Waals surface area contributed by atoms with Crippen molar-refractivity contribution in [3.63, 3.8) is 0 Å². The van der Waals surface area contributed by atoms with Crippen LogP contribution in [0.3, 0.4) is 0 Å². The van der Waals surface area contributed by atoms with Gasteiger partial charge in [-0.1, -0.05) is 13.8 Å². The maximum Gasteiger partial charge on any atom is 0.223 e. The number of rotatable bonds is 3. The number of carbonyl (C=O) groups excluding carboxylic acids is 1. The fourth-order valence-corrected chi connectivity index (χ4v) is 2.17. The van der Waals surface area contributed by atoms with E-state index < -0.39 is 0 Å². The van der Waals surface area contributed by atoms with Crippen LogP contribution in [0.1, 0.15) is 26.7 Å². The summed E-state index contributed by atoms with van der Waals surface area (Å²) in [5.41, 5.74) is 0.262. The number of nitrogens with one attached hydrogen (secondary N) is 2. The Balaban J connectivity index is 1.68. The molecular formula is C11H20N2O. The van der Waals surface area contributed by atoms with Crippen LogP contribution >= 0.6 is 0 Å². The topological polar surface area (TPSA) is 41.1 Å². The highest BCUT2D eigenvalue weighted by molar-refractivity contribution is 5.82. The van der Waals surface area contributed by atoms with Crippen LogP contribution in [0, 0.1) is 17.3 Å². The van der Waals surface area contributed by atoms with Gasteiger partial charge in [-0.15, -0.1) is 0 Å². The lowest BCUT2D eigenvalue weighted by Crippen LogP contribution is -2.32. The minimum absolute atomic E-state index is 0.262. The highest BCUT2D eigenvalue weighted by atomic mass is 16.2. The third-order valence-corrected chi connectivity index (χ3v) is 3.56. The summed E-state index contributed by atoms with van der Waals surface area (Å²) in [6.45, 7) is 7.35. The largest absolute Gasteiger partial charge is 0.356 e. The Bertz CT molecular complexity index is 231. The molecular weight excluding hydrogens is 176 g/mol. The molecule has 1 saturated carbocycles. The van der Waals surface area contributed by atoms with E-state index in [2.05, 4.69) is 24.5 Å². The van der Waals surface area contributed by atoms with Crippen LogP contribution in [0.25, 0.3) is 0 Å². The van der Waals surface area contributed by atoms with Crippen LogP contribution in [0.5, 0.6) is 0 Å². The summed E-state index contributed by atoms with van der Waals surface area (Å²) in [6.07, 6.45) is 2.26. The van der Waals surface area contributed by atoms with Gasteiger partial charge in [-0.25, -0.2) is 0 Å². The molecule has 0 aromatic rings. The Kier molecular flexibility index (Phi) is 2.52. The fourth-order valence-electron chi connectivity index (χ4n) is 2.17. The van der Waals surface area contributed by atoms with Gasteiger partial charge in [0.25, 0.3) is 0 Å². The maximum atomic E-state index is 11.6. The summed E-state index contributed by atoms with van der Waals surface area (Å²) in [7, 11) is 0. The fraction of sp³-hybridized carbons (Fsp3) is 0.909. The predicted octanol–water partition coefficient (Wildman–Crippen LogP) is 0.758. The van der Waals surface area contributed by atoms with Gasteiger partial charge < -0.3 is 10.6 Å². The number of amides is 1. The third-order valence-electron chi connectivity index (χ3n) is 3.56. The molecule has 80 valence electrons. The third kappa shape index (κ3) is 2.08. The number of hydrogen-bond donors (Lipinski definition) is 2. The molecule has 14 heavy (non-hydrogen) atoms. The molecule has 0 radical (unpaired) electrons. The quantitative estimate of drug-likeness (QED) is 0.699. The molecule has 1 aliphatic heterocycles. The van der Waals surface area contributed by atoms with Gasteiger partial charge in [0, 0.05) is 12.5 Å². The van der Waals surface area contributed by atoms with Crippen molar-refractivity contribution >= 4 is 5.91 Å². The van der Waals surface area contributed by atoms with Crippen molar-refractivity contribution < 1.29 is 4.79 Å². The molecule has 2 rings (SSSR count). The Morgan fingerprint density at radius 3 is 2.79 bits per heavy atom. The molecule has 2 unspecified atom stereocenters. The molecule has 0 aromatic heterocycles. The van der Waals surface area contributed by atoms with E-state index in [4.69, 9.17) is 0 Å². The van der Waals surface area contributed by atoms with E-state index in [0.717, 1.165) is 26.1 Å². The van der Waals surface area contributed by atoms with Crippen LogP contribution in [0.2, 0.25) is 0 Å². The average Bonchev–Trinajstić information content (AvgIpc) is 2.61. The molecule has 1 saturated heterocycles. The van der Waals surface area contributed by atoms with E-state index in [1.54, 1.807) is 0 Å². The van der Waals surface area contributed by atoms with Crippen molar-refractivity contribution in [1.82, 2.24) is 10.6 Å². The lowest BCUT2D eigenvalue weighted by Gasteiger charge is -2.10. The summed E-state index contributed by atoms with van der Waals surface area (Å²) >= 11 is 0. The smallest absolute Gasteiger partial charge is 0.223 e. The lowest BCUT2D eigenvalue weighted by atomic mass is 10.1. The molecule has 2 fully saturated rings. The SMILES string of the molecule is CC1(C)CC1C(=O)NCC1CCNC1. The van der Waals surface area contributed by atoms with Crippen molar-refractivity contribution in [2.45, 2.75) is 26.7 Å². The van der Waals surface area contributed by atoms with Gasteiger partial charge in [0.05, 0.1) is 0 Å². The normalized spacial score (nSPS) is 34.1. The molecule has 3 nitrogen and oxygen atoms in total. The molecule has 2 N–H and O–H groups in total. The maximum absolute atomic E-state index is 11.6. The zero-order chi connectivity index (χ0) is 10.2. The van der Waals surface area contributed by atoms with Crippen LogP contribution in [0.4, 0.5) is 0 Å². The Morgan fingerprint density at radius 1 is 1.57 bits per heavy atom. The van der Waals surface area contributed by atoms with Gasteiger partial charge in [-0.3, -0.25) is 4.79 Å². The van der Waals surface area contributed by atoms with E-state index in [-0.39, 0.29) is 17.2 Å². The van der Waals surface area contributed by atoms with Gasteiger partial charge in [0.2, 0.25) is 5.91 Å². The van der Waals surface area contributed by atoms with Gasteiger partial charge >= 0.3 is 0 Å². The van der Waals surface area contributed by atoms with E-state index in [9.17, 15) is 4.79 Å². The van der Waals surface area contributed by atoms with Crippen molar-refractivity contribution in [1.29, 1.82) is 0 Å². The van der Waals surface area contributed by atoms with Gasteiger partial charge in [0.1, 0.15) is 0 Å². The summed E-state index contributed by atoms with van der Waals surface area (Å²) in [5.74, 6) is 1.19. The predicted molar refractivity (Wildman–Crippen MR) is 55.9 cm³/mol. The molecule has 1 heterocycles. The second kappa shape index (κ2) is 3.54. The summed E-state index contributed by atoms with van der Waals surface area (Å²) in [6, 6.07) is 0. The van der Waals surface area contributed by atoms with Crippen molar-refractivity contribution in [2.75, 3.05) is 19.6 Å². The number of carbonyl (C=O) groups is 1. The van der Waals surface area contributed by atoms with Gasteiger partial charge in [-0.2, -0.15) is 0 Å². The second-order valence-corrected chi connectivity index (χ2v) is 5.35. The molecule has 2 atom stereocenters. The Labute approximate surface area is 85.6 Å². The Hall–Kier alpha value is -0.570. The van der Waals surface area contributed by atoms with Crippen LogP contribution < -0.4 is 10.6 Å². The summed E-state index contributed by atoms with van der Waals surface area (Å²) in [4.78, 5) is 11.6. The van der Waals surface area contributed by atoms with Crippen LogP contribution in [-0.4, -0.2) is 25.5 Å². The second-order valence-electron chi connectivity index (χ2n) is 5.35. The zero-order valence-electron chi connectivity index (χ0n) is 9.10. The van der Waals surface area contributed by atoms with E-state index >= 15 is 0 Å². The summed E-state index contributed by atoms with van der Waals surface area (Å²) < 4.78 is 0. The first-order chi connectivity index (χ1) is 6.59. The molecule has 0 spiro atoms. The highest BCUT2D eigenvalue weighted by Crippen LogP contribution is 2.51. The van der Waals surface area contributed by atoms with Gasteiger partial charge in [0.15, 0.2) is 0 Å². The molecule has 0 bridgehead atoms.